The van der Waals surface area contributed by atoms with Crippen LogP contribution in [0.2, 0.25) is 0 Å². The molecule has 0 bridgehead atoms. The van der Waals surface area contributed by atoms with Crippen molar-refractivity contribution < 1.29 is 0 Å². The molecule has 1 aliphatic heterocycles. The van der Waals surface area contributed by atoms with E-state index in [1.165, 1.54) is 45.2 Å². The molecule has 2 fully saturated rings. The topological polar surface area (TPSA) is 39.7 Å². The number of likely N-dealkylation sites (tertiary alicyclic amines) is 1. The van der Waals surface area contributed by atoms with E-state index >= 15 is 0 Å². The Bertz CT molecular complexity index is 339. The largest absolute Gasteiger partial charge is 0.357 e. The molecule has 4 heteroatoms. The fraction of sp³-hybridized carbons (Fsp3) is 0.941. The monoisotopic (exact) mass is 294 g/mol. The second kappa shape index (κ2) is 7.48. The van der Waals surface area contributed by atoms with Crippen LogP contribution < -0.4 is 10.6 Å². The van der Waals surface area contributed by atoms with Gasteiger partial charge in [-0.2, -0.15) is 0 Å². The molecule has 1 aliphatic carbocycles. The first kappa shape index (κ1) is 16.6. The summed E-state index contributed by atoms with van der Waals surface area (Å²) in [5, 5.41) is 7.03. The van der Waals surface area contributed by atoms with Gasteiger partial charge in [0.05, 0.1) is 0 Å². The van der Waals surface area contributed by atoms with Gasteiger partial charge in [-0.05, 0) is 31.6 Å². The molecule has 122 valence electrons. The fourth-order valence-electron chi connectivity index (χ4n) is 3.34. The summed E-state index contributed by atoms with van der Waals surface area (Å²) in [4.78, 5) is 7.44. The molecule has 0 amide bonds. The van der Waals surface area contributed by atoms with Crippen molar-refractivity contribution in [3.8, 4) is 0 Å². The average Bonchev–Trinajstić information content (AvgIpc) is 3.05. The maximum atomic E-state index is 4.75. The van der Waals surface area contributed by atoms with Crippen molar-refractivity contribution in [2.45, 2.75) is 71.9 Å². The summed E-state index contributed by atoms with van der Waals surface area (Å²) in [5.41, 5.74) is 0.244. The molecule has 0 radical (unpaired) electrons. The predicted molar refractivity (Wildman–Crippen MR) is 90.8 cm³/mol. The second-order valence-electron chi connectivity index (χ2n) is 7.82. The van der Waals surface area contributed by atoms with E-state index in [9.17, 15) is 0 Å². The summed E-state index contributed by atoms with van der Waals surface area (Å²) >= 11 is 0. The minimum absolute atomic E-state index is 0.244. The lowest BCUT2D eigenvalue weighted by atomic mass is 9.97. The number of rotatable bonds is 4. The predicted octanol–water partition coefficient (Wildman–Crippen LogP) is 2.60. The summed E-state index contributed by atoms with van der Waals surface area (Å²) in [5.74, 6) is 0.991. The highest BCUT2D eigenvalue weighted by Gasteiger charge is 2.30. The van der Waals surface area contributed by atoms with Gasteiger partial charge in [-0.1, -0.05) is 33.6 Å². The van der Waals surface area contributed by atoms with Crippen LogP contribution in [0.3, 0.4) is 0 Å². The summed E-state index contributed by atoms with van der Waals surface area (Å²) < 4.78 is 0. The van der Waals surface area contributed by atoms with Crippen LogP contribution in [0.4, 0.5) is 0 Å². The quantitative estimate of drug-likeness (QED) is 0.618. The molecular formula is C17H34N4. The Labute approximate surface area is 130 Å². The zero-order chi connectivity index (χ0) is 15.3. The average molecular weight is 294 g/mol. The lowest BCUT2D eigenvalue weighted by molar-refractivity contribution is 0.242. The number of guanidine groups is 1. The van der Waals surface area contributed by atoms with Gasteiger partial charge in [0.25, 0.3) is 0 Å². The van der Waals surface area contributed by atoms with Gasteiger partial charge >= 0.3 is 0 Å². The molecule has 2 rings (SSSR count). The van der Waals surface area contributed by atoms with E-state index < -0.39 is 0 Å². The first-order chi connectivity index (χ1) is 9.98. The molecule has 0 spiro atoms. The molecule has 1 unspecified atom stereocenters. The summed E-state index contributed by atoms with van der Waals surface area (Å²) in [6.07, 6.45) is 6.91. The van der Waals surface area contributed by atoms with Crippen molar-refractivity contribution >= 4 is 5.96 Å². The van der Waals surface area contributed by atoms with E-state index in [-0.39, 0.29) is 5.41 Å². The standard InChI is InChI=1S/C17H34N4/c1-5-18-16(19-13-17(2,3)4)20-14-10-11-21(12-14)15-8-6-7-9-15/h14-15H,5-13H2,1-4H3,(H2,18,19,20). The summed E-state index contributed by atoms with van der Waals surface area (Å²) in [6, 6.07) is 1.41. The fourth-order valence-corrected chi connectivity index (χ4v) is 3.34. The molecule has 0 aromatic rings. The van der Waals surface area contributed by atoms with Crippen molar-refractivity contribution in [1.82, 2.24) is 15.5 Å². The van der Waals surface area contributed by atoms with Crippen molar-refractivity contribution in [1.29, 1.82) is 0 Å². The van der Waals surface area contributed by atoms with Crippen molar-refractivity contribution in [3.63, 3.8) is 0 Å². The zero-order valence-electron chi connectivity index (χ0n) is 14.4. The molecule has 0 aromatic heterocycles. The Morgan fingerprint density at radius 2 is 1.90 bits per heavy atom. The third-order valence-electron chi connectivity index (χ3n) is 4.46. The molecule has 0 aromatic carbocycles. The molecular weight excluding hydrogens is 260 g/mol. The molecule has 2 N–H and O–H groups in total. The summed E-state index contributed by atoms with van der Waals surface area (Å²) in [7, 11) is 0. The van der Waals surface area contributed by atoms with Crippen molar-refractivity contribution in [2.24, 2.45) is 10.4 Å². The van der Waals surface area contributed by atoms with E-state index in [1.807, 2.05) is 0 Å². The molecule has 4 nitrogen and oxygen atoms in total. The van der Waals surface area contributed by atoms with Gasteiger partial charge in [0.1, 0.15) is 0 Å². The van der Waals surface area contributed by atoms with Crippen LogP contribution in [0.25, 0.3) is 0 Å². The SMILES string of the molecule is CCNC(=NCC(C)(C)C)NC1CCN(C2CCCC2)C1. The Balaban J connectivity index is 1.83. The van der Waals surface area contributed by atoms with Gasteiger partial charge in [0.15, 0.2) is 5.96 Å². The highest BCUT2D eigenvalue weighted by atomic mass is 15.3. The van der Waals surface area contributed by atoms with Gasteiger partial charge in [-0.3, -0.25) is 9.89 Å². The van der Waals surface area contributed by atoms with Crippen LogP contribution in [0.5, 0.6) is 0 Å². The van der Waals surface area contributed by atoms with Crippen LogP contribution in [0, 0.1) is 5.41 Å². The highest BCUT2D eigenvalue weighted by Crippen LogP contribution is 2.26. The molecule has 21 heavy (non-hydrogen) atoms. The zero-order valence-corrected chi connectivity index (χ0v) is 14.4. The van der Waals surface area contributed by atoms with Crippen molar-refractivity contribution in [2.75, 3.05) is 26.2 Å². The Kier molecular flexibility index (Phi) is 5.91. The van der Waals surface area contributed by atoms with E-state index in [1.54, 1.807) is 0 Å². The van der Waals surface area contributed by atoms with E-state index in [2.05, 4.69) is 43.2 Å². The third-order valence-corrected chi connectivity index (χ3v) is 4.46. The smallest absolute Gasteiger partial charge is 0.191 e. The Morgan fingerprint density at radius 3 is 2.52 bits per heavy atom. The maximum absolute atomic E-state index is 4.75. The van der Waals surface area contributed by atoms with Crippen LogP contribution in [-0.2, 0) is 0 Å². The number of hydrogen-bond acceptors (Lipinski definition) is 2. The molecule has 2 aliphatic rings. The summed E-state index contributed by atoms with van der Waals surface area (Å²) in [6.45, 7) is 13.1. The number of nitrogens with zero attached hydrogens (tertiary/aromatic N) is 2. The number of hydrogen-bond donors (Lipinski definition) is 2. The van der Waals surface area contributed by atoms with Gasteiger partial charge < -0.3 is 10.6 Å². The minimum atomic E-state index is 0.244. The minimum Gasteiger partial charge on any atom is -0.357 e. The van der Waals surface area contributed by atoms with Crippen molar-refractivity contribution in [3.05, 3.63) is 0 Å². The normalized spacial score (nSPS) is 25.5. The van der Waals surface area contributed by atoms with Gasteiger partial charge in [0, 0.05) is 38.3 Å². The van der Waals surface area contributed by atoms with Gasteiger partial charge in [-0.15, -0.1) is 0 Å². The highest BCUT2D eigenvalue weighted by molar-refractivity contribution is 5.80. The first-order valence-corrected chi connectivity index (χ1v) is 8.77. The molecule has 1 heterocycles. The van der Waals surface area contributed by atoms with Gasteiger partial charge in [-0.25, -0.2) is 0 Å². The van der Waals surface area contributed by atoms with E-state index in [0.717, 1.165) is 25.1 Å². The van der Waals surface area contributed by atoms with E-state index in [4.69, 9.17) is 4.99 Å². The Morgan fingerprint density at radius 1 is 1.19 bits per heavy atom. The lowest BCUT2D eigenvalue weighted by Gasteiger charge is -2.24. The van der Waals surface area contributed by atoms with E-state index in [0.29, 0.717) is 6.04 Å². The first-order valence-electron chi connectivity index (χ1n) is 8.77. The molecule has 1 atom stereocenters. The van der Waals surface area contributed by atoms with Crippen LogP contribution in [0.1, 0.15) is 59.8 Å². The molecule has 1 saturated carbocycles. The molecule has 1 saturated heterocycles. The van der Waals surface area contributed by atoms with Crippen LogP contribution in [0.15, 0.2) is 4.99 Å². The second-order valence-corrected chi connectivity index (χ2v) is 7.82. The van der Waals surface area contributed by atoms with Crippen LogP contribution >= 0.6 is 0 Å². The third kappa shape index (κ3) is 5.50. The van der Waals surface area contributed by atoms with Crippen LogP contribution in [-0.4, -0.2) is 49.1 Å². The maximum Gasteiger partial charge on any atom is 0.191 e. The lowest BCUT2D eigenvalue weighted by Crippen LogP contribution is -2.45. The van der Waals surface area contributed by atoms with Gasteiger partial charge in [0.2, 0.25) is 0 Å². The number of nitrogens with one attached hydrogen (secondary N) is 2. The number of aliphatic imine (C=N–C) groups is 1. The Hall–Kier alpha value is -0.770.